The third kappa shape index (κ3) is 2.09. The fourth-order valence-corrected chi connectivity index (χ4v) is 0.969. The summed E-state index contributed by atoms with van der Waals surface area (Å²) in [7, 11) is 2.90. The first-order chi connectivity index (χ1) is 6.54. The van der Waals surface area contributed by atoms with Crippen LogP contribution in [0, 0.1) is 0 Å². The van der Waals surface area contributed by atoms with E-state index in [-0.39, 0.29) is 11.6 Å². The van der Waals surface area contributed by atoms with Crippen LogP contribution in [0.3, 0.4) is 0 Å². The lowest BCUT2D eigenvalue weighted by Crippen LogP contribution is -2.09. The molecule has 1 heterocycles. The number of nitrogens with one attached hydrogen (secondary N) is 1. The van der Waals surface area contributed by atoms with E-state index in [2.05, 4.69) is 15.2 Å². The summed E-state index contributed by atoms with van der Waals surface area (Å²) in [6, 6.07) is 1.45. The van der Waals surface area contributed by atoms with Crippen molar-refractivity contribution in [2.75, 3.05) is 12.4 Å². The van der Waals surface area contributed by atoms with Crippen LogP contribution in [-0.4, -0.2) is 28.8 Å². The number of ether oxygens (including phenoxy) is 1. The molecular formula is C8H11N3O3. The first-order valence-corrected chi connectivity index (χ1v) is 3.94. The third-order valence-corrected chi connectivity index (χ3v) is 1.58. The number of amides is 1. The van der Waals surface area contributed by atoms with E-state index >= 15 is 0 Å². The van der Waals surface area contributed by atoms with Crippen molar-refractivity contribution >= 4 is 17.7 Å². The van der Waals surface area contributed by atoms with Crippen molar-refractivity contribution in [3.05, 3.63) is 11.8 Å². The molecule has 0 aliphatic rings. The molecule has 1 aromatic heterocycles. The van der Waals surface area contributed by atoms with E-state index in [1.807, 2.05) is 0 Å². The van der Waals surface area contributed by atoms with Crippen LogP contribution in [0.1, 0.15) is 17.4 Å². The Hall–Kier alpha value is -1.85. The molecule has 1 aromatic rings. The number of carbonyl (C=O) groups excluding carboxylic acids is 2. The Labute approximate surface area is 80.8 Å². The van der Waals surface area contributed by atoms with Gasteiger partial charge in [-0.05, 0) is 0 Å². The number of aryl methyl sites for hydroxylation is 1. The smallest absolute Gasteiger partial charge is 0.358 e. The van der Waals surface area contributed by atoms with Crippen molar-refractivity contribution in [1.29, 1.82) is 0 Å². The second-order valence-electron chi connectivity index (χ2n) is 2.71. The predicted molar refractivity (Wildman–Crippen MR) is 48.9 cm³/mol. The number of methoxy groups -OCH3 is 1. The third-order valence-electron chi connectivity index (χ3n) is 1.58. The van der Waals surface area contributed by atoms with Crippen LogP contribution < -0.4 is 5.32 Å². The molecule has 1 rings (SSSR count). The molecule has 0 saturated carbocycles. The molecule has 0 aromatic carbocycles. The lowest BCUT2D eigenvalue weighted by atomic mass is 10.4. The number of hydrogen-bond donors (Lipinski definition) is 1. The second-order valence-corrected chi connectivity index (χ2v) is 2.71. The van der Waals surface area contributed by atoms with E-state index in [1.165, 1.54) is 24.8 Å². The Kier molecular flexibility index (Phi) is 2.85. The van der Waals surface area contributed by atoms with Gasteiger partial charge in [-0.25, -0.2) is 4.79 Å². The minimum absolute atomic E-state index is 0.166. The van der Waals surface area contributed by atoms with E-state index in [9.17, 15) is 9.59 Å². The molecule has 76 valence electrons. The molecule has 0 unspecified atom stereocenters. The minimum atomic E-state index is -0.530. The van der Waals surface area contributed by atoms with Crippen LogP contribution >= 0.6 is 0 Å². The average Bonchev–Trinajstić information content (AvgIpc) is 2.46. The van der Waals surface area contributed by atoms with Crippen LogP contribution in [0.25, 0.3) is 0 Å². The van der Waals surface area contributed by atoms with E-state index in [0.29, 0.717) is 5.82 Å². The SMILES string of the molecule is COC(=O)c1cc(NC(C)=O)n(C)n1. The summed E-state index contributed by atoms with van der Waals surface area (Å²) in [6.07, 6.45) is 0. The lowest BCUT2D eigenvalue weighted by molar-refractivity contribution is -0.114. The van der Waals surface area contributed by atoms with Crippen molar-refractivity contribution in [1.82, 2.24) is 9.78 Å². The molecular weight excluding hydrogens is 186 g/mol. The fourth-order valence-electron chi connectivity index (χ4n) is 0.969. The van der Waals surface area contributed by atoms with Gasteiger partial charge in [0.2, 0.25) is 5.91 Å². The molecule has 6 nitrogen and oxygen atoms in total. The van der Waals surface area contributed by atoms with Crippen LogP contribution in [0.4, 0.5) is 5.82 Å². The standard InChI is InChI=1S/C8H11N3O3/c1-5(12)9-7-4-6(8(13)14-3)10-11(7)2/h4H,1-3H3,(H,9,12). The van der Waals surface area contributed by atoms with Gasteiger partial charge in [0.25, 0.3) is 0 Å². The average molecular weight is 197 g/mol. The molecule has 0 atom stereocenters. The van der Waals surface area contributed by atoms with E-state index in [4.69, 9.17) is 0 Å². The van der Waals surface area contributed by atoms with Gasteiger partial charge < -0.3 is 10.1 Å². The highest BCUT2D eigenvalue weighted by Crippen LogP contribution is 2.09. The Balaban J connectivity index is 2.93. The molecule has 0 radical (unpaired) electrons. The van der Waals surface area contributed by atoms with Gasteiger partial charge in [-0.1, -0.05) is 0 Å². The number of anilines is 1. The summed E-state index contributed by atoms with van der Waals surface area (Å²) < 4.78 is 5.88. The minimum Gasteiger partial charge on any atom is -0.464 e. The number of aromatic nitrogens is 2. The first-order valence-electron chi connectivity index (χ1n) is 3.94. The largest absolute Gasteiger partial charge is 0.464 e. The zero-order chi connectivity index (χ0) is 10.7. The maximum Gasteiger partial charge on any atom is 0.358 e. The summed E-state index contributed by atoms with van der Waals surface area (Å²) in [6.45, 7) is 1.38. The fraction of sp³-hybridized carbons (Fsp3) is 0.375. The van der Waals surface area contributed by atoms with E-state index in [1.54, 1.807) is 7.05 Å². The highest BCUT2D eigenvalue weighted by atomic mass is 16.5. The van der Waals surface area contributed by atoms with Crippen molar-refractivity contribution in [3.63, 3.8) is 0 Å². The van der Waals surface area contributed by atoms with Gasteiger partial charge in [0.1, 0.15) is 5.82 Å². The Morgan fingerprint density at radius 3 is 2.71 bits per heavy atom. The molecule has 1 amide bonds. The molecule has 0 aliphatic carbocycles. The Bertz CT molecular complexity index is 370. The van der Waals surface area contributed by atoms with Gasteiger partial charge in [0.05, 0.1) is 7.11 Å². The quantitative estimate of drug-likeness (QED) is 0.685. The van der Waals surface area contributed by atoms with Gasteiger partial charge in [-0.15, -0.1) is 0 Å². The molecule has 0 fully saturated rings. The molecule has 14 heavy (non-hydrogen) atoms. The van der Waals surface area contributed by atoms with Gasteiger partial charge in [-0.3, -0.25) is 9.48 Å². The summed E-state index contributed by atoms with van der Waals surface area (Å²) in [5.41, 5.74) is 0.166. The van der Waals surface area contributed by atoms with Crippen molar-refractivity contribution in [2.45, 2.75) is 6.92 Å². The number of esters is 1. The molecule has 1 N–H and O–H groups in total. The number of carbonyl (C=O) groups is 2. The number of nitrogens with zero attached hydrogens (tertiary/aromatic N) is 2. The molecule has 0 aliphatic heterocycles. The van der Waals surface area contributed by atoms with Crippen LogP contribution in [0.2, 0.25) is 0 Å². The summed E-state index contributed by atoms with van der Waals surface area (Å²) in [5, 5.41) is 6.39. The van der Waals surface area contributed by atoms with Gasteiger partial charge in [0.15, 0.2) is 5.69 Å². The number of rotatable bonds is 2. The highest BCUT2D eigenvalue weighted by molar-refractivity contribution is 5.91. The highest BCUT2D eigenvalue weighted by Gasteiger charge is 2.12. The maximum atomic E-state index is 11.1. The Morgan fingerprint density at radius 1 is 1.57 bits per heavy atom. The predicted octanol–water partition coefficient (Wildman–Crippen LogP) is 0.165. The Morgan fingerprint density at radius 2 is 2.21 bits per heavy atom. The topological polar surface area (TPSA) is 73.2 Å². The van der Waals surface area contributed by atoms with E-state index in [0.717, 1.165) is 0 Å². The number of hydrogen-bond acceptors (Lipinski definition) is 4. The lowest BCUT2D eigenvalue weighted by Gasteiger charge is -1.99. The maximum absolute atomic E-state index is 11.1. The second kappa shape index (κ2) is 3.91. The molecule has 0 spiro atoms. The van der Waals surface area contributed by atoms with Gasteiger partial charge in [0, 0.05) is 20.0 Å². The zero-order valence-corrected chi connectivity index (χ0v) is 8.20. The van der Waals surface area contributed by atoms with Crippen molar-refractivity contribution in [2.24, 2.45) is 7.05 Å². The molecule has 0 saturated heterocycles. The summed E-state index contributed by atoms with van der Waals surface area (Å²) >= 11 is 0. The van der Waals surface area contributed by atoms with E-state index < -0.39 is 5.97 Å². The van der Waals surface area contributed by atoms with Crippen LogP contribution in [-0.2, 0) is 16.6 Å². The van der Waals surface area contributed by atoms with Crippen molar-refractivity contribution in [3.8, 4) is 0 Å². The summed E-state index contributed by atoms with van der Waals surface area (Å²) in [4.78, 5) is 21.8. The summed E-state index contributed by atoms with van der Waals surface area (Å²) in [5.74, 6) is -0.292. The van der Waals surface area contributed by atoms with Gasteiger partial charge in [-0.2, -0.15) is 5.10 Å². The monoisotopic (exact) mass is 197 g/mol. The van der Waals surface area contributed by atoms with Crippen LogP contribution in [0.5, 0.6) is 0 Å². The first kappa shape index (κ1) is 10.2. The van der Waals surface area contributed by atoms with Crippen LogP contribution in [0.15, 0.2) is 6.07 Å². The molecule has 6 heteroatoms. The van der Waals surface area contributed by atoms with Gasteiger partial charge >= 0.3 is 5.97 Å². The van der Waals surface area contributed by atoms with Crippen molar-refractivity contribution < 1.29 is 14.3 Å². The normalized spacial score (nSPS) is 9.64. The zero-order valence-electron chi connectivity index (χ0n) is 8.20. The molecule has 0 bridgehead atoms.